The van der Waals surface area contributed by atoms with Gasteiger partial charge in [0.05, 0.1) is 0 Å². The highest BCUT2D eigenvalue weighted by atomic mass is 16.1. The smallest absolute Gasteiger partial charge is 0.219 e. The molecule has 1 aromatic heterocycles. The van der Waals surface area contributed by atoms with Crippen LogP contribution in [0.4, 0.5) is 0 Å². The van der Waals surface area contributed by atoms with Crippen molar-refractivity contribution in [2.24, 2.45) is 0 Å². The molecule has 4 nitrogen and oxygen atoms in total. The summed E-state index contributed by atoms with van der Waals surface area (Å²) in [6, 6.07) is 6.09. The minimum Gasteiger partial charge on any atom is -0.356 e. The van der Waals surface area contributed by atoms with Crippen LogP contribution in [-0.2, 0) is 11.3 Å². The number of unbranched alkanes of at least 4 members (excludes halogenated alkanes) is 2. The van der Waals surface area contributed by atoms with Gasteiger partial charge in [-0.25, -0.2) is 4.57 Å². The third-order valence-corrected chi connectivity index (χ3v) is 4.27. The quantitative estimate of drug-likeness (QED) is 0.531. The summed E-state index contributed by atoms with van der Waals surface area (Å²) in [7, 11) is 0. The number of rotatable bonds is 10. The fourth-order valence-corrected chi connectivity index (χ4v) is 2.95. The van der Waals surface area contributed by atoms with Gasteiger partial charge in [-0.15, -0.1) is 0 Å². The number of aryl methyl sites for hydroxylation is 1. The van der Waals surface area contributed by atoms with Crippen molar-refractivity contribution in [2.45, 2.75) is 51.5 Å². The normalized spacial score (nSPS) is 15.1. The van der Waals surface area contributed by atoms with E-state index in [1.54, 1.807) is 0 Å². The number of pyridine rings is 1. The first kappa shape index (κ1) is 16.9. The Kier molecular flexibility index (Phi) is 7.96. The SMILES string of the molecule is O=C(CCCC[n+]1ccccc1)NCCCCN1CCCC1. The number of likely N-dealkylation sites (tertiary alicyclic amines) is 1. The van der Waals surface area contributed by atoms with Crippen molar-refractivity contribution in [2.75, 3.05) is 26.2 Å². The highest BCUT2D eigenvalue weighted by Crippen LogP contribution is 2.07. The molecule has 2 heterocycles. The molecule has 1 saturated heterocycles. The predicted octanol–water partition coefficient (Wildman–Crippen LogP) is 2.14. The van der Waals surface area contributed by atoms with Gasteiger partial charge in [-0.1, -0.05) is 6.07 Å². The Balaban J connectivity index is 1.41. The Morgan fingerprint density at radius 1 is 1.00 bits per heavy atom. The minimum atomic E-state index is 0.208. The number of aromatic nitrogens is 1. The monoisotopic (exact) mass is 304 g/mol. The van der Waals surface area contributed by atoms with Crippen LogP contribution in [-0.4, -0.2) is 37.0 Å². The number of carbonyl (C=O) groups excluding carboxylic acids is 1. The van der Waals surface area contributed by atoms with Crippen molar-refractivity contribution in [1.82, 2.24) is 10.2 Å². The molecular formula is C18H30N3O+. The molecule has 0 bridgehead atoms. The summed E-state index contributed by atoms with van der Waals surface area (Å²) < 4.78 is 2.16. The van der Waals surface area contributed by atoms with Gasteiger partial charge in [-0.3, -0.25) is 4.79 Å². The Bertz CT molecular complexity index is 416. The Labute approximate surface area is 134 Å². The average molecular weight is 304 g/mol. The topological polar surface area (TPSA) is 36.2 Å². The Morgan fingerprint density at radius 2 is 1.77 bits per heavy atom. The first-order valence-electron chi connectivity index (χ1n) is 8.78. The first-order valence-corrected chi connectivity index (χ1v) is 8.78. The number of hydrogen-bond donors (Lipinski definition) is 1. The molecule has 1 aliphatic heterocycles. The van der Waals surface area contributed by atoms with E-state index >= 15 is 0 Å². The fourth-order valence-electron chi connectivity index (χ4n) is 2.95. The van der Waals surface area contributed by atoms with Crippen molar-refractivity contribution in [3.8, 4) is 0 Å². The van der Waals surface area contributed by atoms with Gasteiger partial charge in [-0.05, 0) is 51.7 Å². The molecule has 1 aliphatic rings. The second-order valence-corrected chi connectivity index (χ2v) is 6.18. The van der Waals surface area contributed by atoms with Gasteiger partial charge < -0.3 is 10.2 Å². The van der Waals surface area contributed by atoms with Crippen LogP contribution in [0.1, 0.15) is 44.9 Å². The van der Waals surface area contributed by atoms with E-state index in [9.17, 15) is 4.79 Å². The van der Waals surface area contributed by atoms with Gasteiger partial charge in [0.15, 0.2) is 12.4 Å². The maximum atomic E-state index is 11.7. The molecule has 0 saturated carbocycles. The van der Waals surface area contributed by atoms with Crippen molar-refractivity contribution >= 4 is 5.91 Å². The molecule has 1 N–H and O–H groups in total. The van der Waals surface area contributed by atoms with Gasteiger partial charge in [0, 0.05) is 31.5 Å². The molecule has 2 rings (SSSR count). The lowest BCUT2D eigenvalue weighted by Crippen LogP contribution is -2.32. The fraction of sp³-hybridized carbons (Fsp3) is 0.667. The van der Waals surface area contributed by atoms with Gasteiger partial charge in [0.25, 0.3) is 0 Å². The number of hydrogen-bond acceptors (Lipinski definition) is 2. The summed E-state index contributed by atoms with van der Waals surface area (Å²) in [5.74, 6) is 0.208. The summed E-state index contributed by atoms with van der Waals surface area (Å²) in [5.41, 5.74) is 0. The Morgan fingerprint density at radius 3 is 2.55 bits per heavy atom. The van der Waals surface area contributed by atoms with Crippen molar-refractivity contribution in [3.63, 3.8) is 0 Å². The summed E-state index contributed by atoms with van der Waals surface area (Å²) in [5, 5.41) is 3.04. The number of amides is 1. The first-order chi connectivity index (χ1) is 10.8. The maximum Gasteiger partial charge on any atom is 0.219 e. The van der Waals surface area contributed by atoms with Crippen LogP contribution in [0.15, 0.2) is 30.6 Å². The van der Waals surface area contributed by atoms with Crippen LogP contribution in [0.3, 0.4) is 0 Å². The maximum absolute atomic E-state index is 11.7. The van der Waals surface area contributed by atoms with Gasteiger partial charge >= 0.3 is 0 Å². The summed E-state index contributed by atoms with van der Waals surface area (Å²) >= 11 is 0. The minimum absolute atomic E-state index is 0.208. The lowest BCUT2D eigenvalue weighted by Gasteiger charge is -2.13. The van der Waals surface area contributed by atoms with E-state index in [0.29, 0.717) is 6.42 Å². The molecule has 0 aliphatic carbocycles. The van der Waals surface area contributed by atoms with Crippen LogP contribution in [0.2, 0.25) is 0 Å². The average Bonchev–Trinajstić information content (AvgIpc) is 3.06. The second-order valence-electron chi connectivity index (χ2n) is 6.18. The molecule has 1 fully saturated rings. The third-order valence-electron chi connectivity index (χ3n) is 4.27. The molecule has 0 aromatic carbocycles. The lowest BCUT2D eigenvalue weighted by molar-refractivity contribution is -0.697. The van der Waals surface area contributed by atoms with E-state index in [2.05, 4.69) is 27.2 Å². The molecule has 1 amide bonds. The highest BCUT2D eigenvalue weighted by Gasteiger charge is 2.10. The van der Waals surface area contributed by atoms with Crippen LogP contribution in [0.25, 0.3) is 0 Å². The zero-order valence-corrected chi connectivity index (χ0v) is 13.7. The molecular weight excluding hydrogens is 274 g/mol. The molecule has 4 heteroatoms. The van der Waals surface area contributed by atoms with E-state index < -0.39 is 0 Å². The van der Waals surface area contributed by atoms with Crippen LogP contribution >= 0.6 is 0 Å². The van der Waals surface area contributed by atoms with Gasteiger partial charge in [-0.2, -0.15) is 0 Å². The predicted molar refractivity (Wildman–Crippen MR) is 88.4 cm³/mol. The Hall–Kier alpha value is -1.42. The summed E-state index contributed by atoms with van der Waals surface area (Å²) in [6.45, 7) is 5.56. The van der Waals surface area contributed by atoms with Crippen LogP contribution < -0.4 is 9.88 Å². The summed E-state index contributed by atoms with van der Waals surface area (Å²) in [6.07, 6.45) is 11.8. The second kappa shape index (κ2) is 10.3. The van der Waals surface area contributed by atoms with E-state index in [4.69, 9.17) is 0 Å². The lowest BCUT2D eigenvalue weighted by atomic mass is 10.2. The zero-order valence-electron chi connectivity index (χ0n) is 13.7. The van der Waals surface area contributed by atoms with E-state index in [-0.39, 0.29) is 5.91 Å². The zero-order chi connectivity index (χ0) is 15.5. The van der Waals surface area contributed by atoms with E-state index in [1.807, 2.05) is 18.2 Å². The highest BCUT2D eigenvalue weighted by molar-refractivity contribution is 5.75. The van der Waals surface area contributed by atoms with E-state index in [0.717, 1.165) is 32.4 Å². The molecule has 0 unspecified atom stereocenters. The standard InChI is InChI=1S/C18H29N3O/c22-18(10-2-6-14-20-12-4-1-5-13-20)19-11-3-7-15-21-16-8-9-17-21/h1,4-5,12-13H,2-3,6-11,14-17H2/p+1. The molecule has 0 radical (unpaired) electrons. The van der Waals surface area contributed by atoms with Gasteiger partial charge in [0.1, 0.15) is 6.54 Å². The third kappa shape index (κ3) is 7.03. The molecule has 0 spiro atoms. The number of carbonyl (C=O) groups is 1. The van der Waals surface area contributed by atoms with Gasteiger partial charge in [0.2, 0.25) is 5.91 Å². The molecule has 122 valence electrons. The van der Waals surface area contributed by atoms with Crippen LogP contribution in [0.5, 0.6) is 0 Å². The van der Waals surface area contributed by atoms with Crippen molar-refractivity contribution in [3.05, 3.63) is 30.6 Å². The van der Waals surface area contributed by atoms with E-state index in [1.165, 1.54) is 38.9 Å². The summed E-state index contributed by atoms with van der Waals surface area (Å²) in [4.78, 5) is 14.3. The van der Waals surface area contributed by atoms with Crippen molar-refractivity contribution in [1.29, 1.82) is 0 Å². The number of nitrogens with zero attached hydrogens (tertiary/aromatic N) is 2. The largest absolute Gasteiger partial charge is 0.356 e. The molecule has 1 aromatic rings. The molecule has 0 atom stereocenters. The number of nitrogens with one attached hydrogen (secondary N) is 1. The molecule has 22 heavy (non-hydrogen) atoms. The van der Waals surface area contributed by atoms with Crippen molar-refractivity contribution < 1.29 is 9.36 Å². The van der Waals surface area contributed by atoms with Crippen LogP contribution in [0, 0.1) is 0 Å².